The smallest absolute Gasteiger partial charge is 0.220 e. The van der Waals surface area contributed by atoms with Crippen molar-refractivity contribution in [2.45, 2.75) is 96.4 Å². The van der Waals surface area contributed by atoms with Crippen LogP contribution in [0.25, 0.3) is 0 Å². The number of aliphatic hydroxyl groups is 1. The average molecular weight is 457 g/mol. The highest BCUT2D eigenvalue weighted by molar-refractivity contribution is 5.75. The van der Waals surface area contributed by atoms with Crippen molar-refractivity contribution in [3.63, 3.8) is 0 Å². The highest BCUT2D eigenvalue weighted by Gasteiger charge is 2.61. The lowest BCUT2D eigenvalue weighted by Gasteiger charge is -2.51. The summed E-state index contributed by atoms with van der Waals surface area (Å²) in [5.41, 5.74) is 0.649. The number of hydrogen-bond acceptors (Lipinski definition) is 5. The molecule has 1 amide bonds. The summed E-state index contributed by atoms with van der Waals surface area (Å²) in [6, 6.07) is 4.86. The Hall–Kier alpha value is -1.50. The summed E-state index contributed by atoms with van der Waals surface area (Å²) in [6.07, 6.45) is 11.1. The van der Waals surface area contributed by atoms with E-state index in [-0.39, 0.29) is 16.7 Å². The van der Waals surface area contributed by atoms with Gasteiger partial charge in [0.25, 0.3) is 0 Å². The van der Waals surface area contributed by atoms with Crippen LogP contribution in [0.4, 0.5) is 0 Å². The molecule has 3 aliphatic rings. The number of aromatic nitrogens is 1. The number of hydrogen-bond donors (Lipinski definition) is 3. The molecule has 6 heteroatoms. The lowest BCUT2D eigenvalue weighted by atomic mass is 9.57. The first-order valence-electron chi connectivity index (χ1n) is 12.9. The van der Waals surface area contributed by atoms with Crippen molar-refractivity contribution in [3.8, 4) is 0 Å². The Morgan fingerprint density at radius 1 is 1.21 bits per heavy atom. The minimum absolute atomic E-state index is 0.0702. The summed E-state index contributed by atoms with van der Waals surface area (Å²) in [7, 11) is 2.21. The largest absolute Gasteiger partial charge is 0.390 e. The Morgan fingerprint density at radius 3 is 2.67 bits per heavy atom. The van der Waals surface area contributed by atoms with E-state index in [2.05, 4.69) is 41.4 Å². The standard InChI is InChI=1S/C27H44N4O2/c1-25(2)17-23(30-21-8-14-31(4)15-9-21)27(12-11-26(3,33)16-22(25)27)10-7-24(32)29-19-20-6-5-13-28-18-20/h5-6,13,18,21-23,30,33H,7-12,14-17,19H2,1-4H3,(H,29,32)/t22-,23-,26+,27+/m0/s1. The Kier molecular flexibility index (Phi) is 7.18. The summed E-state index contributed by atoms with van der Waals surface area (Å²) in [6.45, 7) is 9.59. The molecule has 2 saturated carbocycles. The molecule has 4 rings (SSSR count). The van der Waals surface area contributed by atoms with Gasteiger partial charge < -0.3 is 20.6 Å². The second kappa shape index (κ2) is 9.63. The van der Waals surface area contributed by atoms with E-state index in [1.165, 1.54) is 12.8 Å². The van der Waals surface area contributed by atoms with Gasteiger partial charge in [0.2, 0.25) is 5.91 Å². The van der Waals surface area contributed by atoms with Crippen molar-refractivity contribution >= 4 is 5.91 Å². The molecular formula is C27H44N4O2. The number of carbonyl (C=O) groups excluding carboxylic acids is 1. The summed E-state index contributed by atoms with van der Waals surface area (Å²) in [5.74, 6) is 0.538. The molecule has 0 bridgehead atoms. The Balaban J connectivity index is 1.47. The van der Waals surface area contributed by atoms with Crippen molar-refractivity contribution in [1.82, 2.24) is 20.5 Å². The number of nitrogens with one attached hydrogen (secondary N) is 2. The Bertz CT molecular complexity index is 804. The first-order chi connectivity index (χ1) is 15.6. The van der Waals surface area contributed by atoms with E-state index in [0.717, 1.165) is 50.8 Å². The second-order valence-electron chi connectivity index (χ2n) is 12.1. The molecule has 3 fully saturated rings. The topological polar surface area (TPSA) is 77.5 Å². The molecule has 1 saturated heterocycles. The molecule has 33 heavy (non-hydrogen) atoms. The fourth-order valence-electron chi connectivity index (χ4n) is 7.06. The summed E-state index contributed by atoms with van der Waals surface area (Å²) in [4.78, 5) is 19.4. The van der Waals surface area contributed by atoms with Gasteiger partial charge in [0.15, 0.2) is 0 Å². The molecule has 184 valence electrons. The van der Waals surface area contributed by atoms with Crippen molar-refractivity contribution < 1.29 is 9.90 Å². The van der Waals surface area contributed by atoms with Gasteiger partial charge in [0.05, 0.1) is 5.60 Å². The quantitative estimate of drug-likeness (QED) is 0.585. The van der Waals surface area contributed by atoms with Crippen molar-refractivity contribution in [1.29, 1.82) is 0 Å². The van der Waals surface area contributed by atoms with Crippen LogP contribution in [0.1, 0.15) is 77.7 Å². The molecule has 0 aromatic carbocycles. The Morgan fingerprint density at radius 2 is 1.97 bits per heavy atom. The number of rotatable bonds is 7. The molecule has 3 N–H and O–H groups in total. The number of pyridine rings is 1. The fourth-order valence-corrected chi connectivity index (χ4v) is 7.06. The third-order valence-corrected chi connectivity index (χ3v) is 9.02. The van der Waals surface area contributed by atoms with Gasteiger partial charge in [-0.15, -0.1) is 0 Å². The van der Waals surface area contributed by atoms with Gasteiger partial charge in [0.1, 0.15) is 0 Å². The minimum atomic E-state index is -0.601. The molecule has 2 heterocycles. The summed E-state index contributed by atoms with van der Waals surface area (Å²) < 4.78 is 0. The number of fused-ring (bicyclic) bond motifs is 1. The van der Waals surface area contributed by atoms with E-state index in [0.29, 0.717) is 31.0 Å². The number of likely N-dealkylation sites (tertiary alicyclic amines) is 1. The van der Waals surface area contributed by atoms with Crippen LogP contribution in [0.5, 0.6) is 0 Å². The molecule has 2 aliphatic carbocycles. The molecular weight excluding hydrogens is 412 g/mol. The maximum atomic E-state index is 12.9. The maximum Gasteiger partial charge on any atom is 0.220 e. The summed E-state index contributed by atoms with van der Waals surface area (Å²) in [5, 5.41) is 18.2. The molecule has 6 nitrogen and oxygen atoms in total. The highest BCUT2D eigenvalue weighted by Crippen LogP contribution is 2.64. The van der Waals surface area contributed by atoms with E-state index in [4.69, 9.17) is 0 Å². The number of nitrogens with zero attached hydrogens (tertiary/aromatic N) is 2. The number of carbonyl (C=O) groups is 1. The zero-order valence-electron chi connectivity index (χ0n) is 21.1. The van der Waals surface area contributed by atoms with E-state index in [9.17, 15) is 9.90 Å². The van der Waals surface area contributed by atoms with Gasteiger partial charge in [-0.2, -0.15) is 0 Å². The third kappa shape index (κ3) is 5.60. The normalized spacial score (nSPS) is 34.7. The van der Waals surface area contributed by atoms with Crippen molar-refractivity contribution in [2.75, 3.05) is 20.1 Å². The molecule has 1 aliphatic heterocycles. The zero-order valence-corrected chi connectivity index (χ0v) is 21.1. The maximum absolute atomic E-state index is 12.9. The van der Waals surface area contributed by atoms with Crippen LogP contribution in [0, 0.1) is 16.7 Å². The number of piperidine rings is 1. The predicted octanol–water partition coefficient (Wildman–Crippen LogP) is 3.50. The van der Waals surface area contributed by atoms with E-state index < -0.39 is 5.60 Å². The van der Waals surface area contributed by atoms with E-state index >= 15 is 0 Å². The molecule has 0 spiro atoms. The summed E-state index contributed by atoms with van der Waals surface area (Å²) >= 11 is 0. The molecule has 0 radical (unpaired) electrons. The molecule has 1 aromatic rings. The van der Waals surface area contributed by atoms with Crippen LogP contribution in [0.3, 0.4) is 0 Å². The first-order valence-corrected chi connectivity index (χ1v) is 12.9. The van der Waals surface area contributed by atoms with Gasteiger partial charge in [-0.25, -0.2) is 0 Å². The van der Waals surface area contributed by atoms with Crippen LogP contribution in [0.2, 0.25) is 0 Å². The predicted molar refractivity (Wildman–Crippen MR) is 132 cm³/mol. The highest BCUT2D eigenvalue weighted by atomic mass is 16.3. The van der Waals surface area contributed by atoms with Gasteiger partial charge in [0, 0.05) is 37.4 Å². The molecule has 0 unspecified atom stereocenters. The Labute approximate surface area is 199 Å². The van der Waals surface area contributed by atoms with Crippen LogP contribution in [-0.2, 0) is 11.3 Å². The monoisotopic (exact) mass is 456 g/mol. The fraction of sp³-hybridized carbons (Fsp3) is 0.778. The van der Waals surface area contributed by atoms with Gasteiger partial charge in [-0.05, 0) is 100 Å². The number of amides is 1. The SMILES string of the molecule is CN1CCC(N[C@H]2CC(C)(C)[C@@H]3C[C@](C)(O)CC[C@@]23CCC(=O)NCc2cccnc2)CC1. The van der Waals surface area contributed by atoms with E-state index in [1.807, 2.05) is 19.1 Å². The zero-order chi connectivity index (χ0) is 23.7. The first kappa shape index (κ1) is 24.6. The van der Waals surface area contributed by atoms with Crippen LogP contribution >= 0.6 is 0 Å². The minimum Gasteiger partial charge on any atom is -0.390 e. The van der Waals surface area contributed by atoms with Crippen LogP contribution in [-0.4, -0.2) is 58.7 Å². The lowest BCUT2D eigenvalue weighted by molar-refractivity contribution is -0.123. The van der Waals surface area contributed by atoms with E-state index in [1.54, 1.807) is 12.4 Å². The van der Waals surface area contributed by atoms with Crippen LogP contribution < -0.4 is 10.6 Å². The van der Waals surface area contributed by atoms with Gasteiger partial charge in [-0.1, -0.05) is 19.9 Å². The van der Waals surface area contributed by atoms with Crippen molar-refractivity contribution in [2.24, 2.45) is 16.7 Å². The van der Waals surface area contributed by atoms with Gasteiger partial charge >= 0.3 is 0 Å². The van der Waals surface area contributed by atoms with Crippen molar-refractivity contribution in [3.05, 3.63) is 30.1 Å². The second-order valence-corrected chi connectivity index (χ2v) is 12.1. The average Bonchev–Trinajstić information content (AvgIpc) is 2.99. The molecule has 1 aromatic heterocycles. The lowest BCUT2D eigenvalue weighted by Crippen LogP contribution is -2.54. The molecule has 4 atom stereocenters. The third-order valence-electron chi connectivity index (χ3n) is 9.02. The van der Waals surface area contributed by atoms with Gasteiger partial charge in [-0.3, -0.25) is 9.78 Å². The van der Waals surface area contributed by atoms with Crippen LogP contribution in [0.15, 0.2) is 24.5 Å².